The number of ether oxygens (including phenoxy) is 6. The molecule has 0 radical (unpaired) electrons. The molecule has 0 aliphatic heterocycles. The van der Waals surface area contributed by atoms with E-state index in [1.165, 1.54) is 199 Å². The summed E-state index contributed by atoms with van der Waals surface area (Å²) in [6.07, 6.45) is 45.9. The third-order valence-corrected chi connectivity index (χ3v) is 19.3. The molecule has 4 rings (SSSR count). The first-order valence-electron chi connectivity index (χ1n) is 47.4. The maximum atomic E-state index is 5.36. The van der Waals surface area contributed by atoms with Crippen molar-refractivity contribution in [3.05, 3.63) is 0 Å². The molecule has 0 amide bonds. The van der Waals surface area contributed by atoms with E-state index in [4.69, 9.17) is 28.4 Å². The van der Waals surface area contributed by atoms with Gasteiger partial charge in [-0.15, -0.1) is 0 Å². The molecule has 4 aliphatic rings. The fourth-order valence-corrected chi connectivity index (χ4v) is 16.3. The summed E-state index contributed by atoms with van der Waals surface area (Å²) >= 11 is 0. The van der Waals surface area contributed by atoms with Gasteiger partial charge in [0.05, 0.1) is 26.4 Å². The van der Waals surface area contributed by atoms with Gasteiger partial charge in [0, 0.05) is 67.2 Å². The zero-order valence-electron chi connectivity index (χ0n) is 83.2. The van der Waals surface area contributed by atoms with E-state index in [0.717, 1.165) is 165 Å². The lowest BCUT2D eigenvalue weighted by Crippen LogP contribution is -2.15. The maximum absolute atomic E-state index is 5.36. The Morgan fingerprint density at radius 3 is 0.546 bits per heavy atom. The number of rotatable bonds is 36. The largest absolute Gasteiger partial charge is 0.384 e. The fraction of sp³-hybridized carbons (Fsp3) is 1.00. The van der Waals surface area contributed by atoms with Gasteiger partial charge in [-0.2, -0.15) is 0 Å². The fourth-order valence-electron chi connectivity index (χ4n) is 16.3. The van der Waals surface area contributed by atoms with Crippen LogP contribution >= 0.6 is 0 Å². The van der Waals surface area contributed by atoms with Crippen molar-refractivity contribution in [3.8, 4) is 0 Å². The van der Waals surface area contributed by atoms with E-state index >= 15 is 0 Å². The molecule has 2 unspecified atom stereocenters. The molecule has 0 aromatic rings. The summed E-state index contributed by atoms with van der Waals surface area (Å²) in [5.74, 6) is 20.7. The highest BCUT2D eigenvalue weighted by molar-refractivity contribution is 4.74. The van der Waals surface area contributed by atoms with Crippen LogP contribution in [-0.4, -0.2) is 81.8 Å². The van der Waals surface area contributed by atoms with Gasteiger partial charge in [0.15, 0.2) is 0 Å². The van der Waals surface area contributed by atoms with Crippen molar-refractivity contribution < 1.29 is 28.4 Å². The molecule has 0 spiro atoms. The summed E-state index contributed by atoms with van der Waals surface area (Å²) in [6.45, 7) is 84.9. The Bertz CT molecular complexity index is 1460. The SMILES string of the molecule is CC(C)C.CC(C)C.CC(C)CC(C)C.CC(C)CC(C)CC(C)C.CC(C)CC(C)CC(C)C.CC(C)CC(C)CC1CCCCC1.CC(C)CC1CCCCC1.CC(C)COCC(C)C.CC(CC1CCCCC1)CC1CCCCC1.COCC(C)CC(C)C.COCC(C)COC.COCC(C)COC. The molecule has 0 bridgehead atoms. The van der Waals surface area contributed by atoms with E-state index < -0.39 is 0 Å². The summed E-state index contributed by atoms with van der Waals surface area (Å²) in [4.78, 5) is 0. The van der Waals surface area contributed by atoms with Crippen molar-refractivity contribution >= 4 is 0 Å². The molecule has 0 aromatic heterocycles. The summed E-state index contributed by atoms with van der Waals surface area (Å²) in [6, 6.07) is 0. The molecule has 4 saturated carbocycles. The quantitative estimate of drug-likeness (QED) is 0.0623. The first-order chi connectivity index (χ1) is 50.3. The second-order valence-corrected chi connectivity index (χ2v) is 42.0. The Morgan fingerprint density at radius 2 is 0.361 bits per heavy atom. The minimum Gasteiger partial charge on any atom is -0.384 e. The van der Waals surface area contributed by atoms with Crippen LogP contribution in [0.2, 0.25) is 0 Å². The van der Waals surface area contributed by atoms with Crippen LogP contribution in [0.15, 0.2) is 0 Å². The molecule has 664 valence electrons. The van der Waals surface area contributed by atoms with Crippen molar-refractivity contribution in [1.29, 1.82) is 0 Å². The van der Waals surface area contributed by atoms with Gasteiger partial charge in [-0.25, -0.2) is 0 Å². The first-order valence-corrected chi connectivity index (χ1v) is 47.4. The molecular formula is C102H220O6. The molecule has 6 heteroatoms. The van der Waals surface area contributed by atoms with Gasteiger partial charge in [-0.05, 0) is 201 Å². The topological polar surface area (TPSA) is 55.4 Å². The van der Waals surface area contributed by atoms with Crippen molar-refractivity contribution in [2.45, 2.75) is 441 Å². The monoisotopic (exact) mass is 1540 g/mol. The minimum absolute atomic E-state index is 0.519. The third kappa shape index (κ3) is 124. The minimum atomic E-state index is 0.519. The lowest BCUT2D eigenvalue weighted by Gasteiger charge is -2.28. The Kier molecular flexibility index (Phi) is 102. The smallest absolute Gasteiger partial charge is 0.0509 e. The Hall–Kier alpha value is -0.240. The molecule has 2 atom stereocenters. The summed E-state index contributed by atoms with van der Waals surface area (Å²) in [5.41, 5.74) is 0. The van der Waals surface area contributed by atoms with E-state index in [0.29, 0.717) is 23.7 Å². The van der Waals surface area contributed by atoms with E-state index in [9.17, 15) is 0 Å². The van der Waals surface area contributed by atoms with Crippen LogP contribution in [0, 0.1) is 142 Å². The van der Waals surface area contributed by atoms with Crippen molar-refractivity contribution in [1.82, 2.24) is 0 Å². The van der Waals surface area contributed by atoms with Gasteiger partial charge in [-0.3, -0.25) is 0 Å². The first kappa shape index (κ1) is 123. The standard InChI is InChI=1S/C16H30.C13H26.C10H20.2C10H22.2C8H18O.C7H16.2C6H14O2.2C4H10/c1-14(12-15-8-4-2-5-9-15)13-16-10-6-3-7-11-16;1-11(2)9-12(3)10-13-7-5-4-6-8-13;1-9(2)8-10-6-4-3-5-7-10;2*1-8(2)6-10(5)7-9(3)4;1-7(2)5-8(3)6-9-4;1-7(2)5-9-6-8(3)4;1-6(2)5-7(3)4;2*1-6(4-7-2)5-8-3;2*1-4(2)3/h14-16H,2-13H2,1H3;11-13H,4-10H2,1-3H3;9-10H,3-8H2,1-2H3;2*8-10H,6-7H2,1-5H3;2*7-8H,5-6H2,1-4H3;6-7H,5H2,1-4H3;2*6H,4-5H2,1-3H3;2*4H,1-3H3. The van der Waals surface area contributed by atoms with E-state index in [-0.39, 0.29) is 0 Å². The lowest BCUT2D eigenvalue weighted by molar-refractivity contribution is 0.0886. The molecule has 4 fully saturated rings. The van der Waals surface area contributed by atoms with Gasteiger partial charge in [0.25, 0.3) is 0 Å². The van der Waals surface area contributed by atoms with Crippen LogP contribution in [0.5, 0.6) is 0 Å². The second-order valence-electron chi connectivity index (χ2n) is 42.0. The van der Waals surface area contributed by atoms with E-state index in [1.54, 1.807) is 35.5 Å². The Balaban J connectivity index is -0.000000171. The molecular weight excluding hydrogens is 1320 g/mol. The van der Waals surface area contributed by atoms with Crippen LogP contribution < -0.4 is 0 Å². The van der Waals surface area contributed by atoms with Gasteiger partial charge in [0.2, 0.25) is 0 Å². The molecule has 4 aliphatic carbocycles. The van der Waals surface area contributed by atoms with Crippen LogP contribution in [0.1, 0.15) is 441 Å². The summed E-state index contributed by atoms with van der Waals surface area (Å²) in [7, 11) is 8.56. The zero-order valence-corrected chi connectivity index (χ0v) is 83.2. The van der Waals surface area contributed by atoms with Gasteiger partial charge < -0.3 is 28.4 Å². The number of hydrogen-bond acceptors (Lipinski definition) is 6. The third-order valence-electron chi connectivity index (χ3n) is 19.3. The average Bonchev–Trinajstić information content (AvgIpc) is 0.921. The Labute approximate surface area is 689 Å². The van der Waals surface area contributed by atoms with Gasteiger partial charge in [0.1, 0.15) is 0 Å². The predicted octanol–water partition coefficient (Wildman–Crippen LogP) is 33.7. The zero-order chi connectivity index (χ0) is 85.0. The van der Waals surface area contributed by atoms with Gasteiger partial charge in [-0.1, -0.05) is 371 Å². The highest BCUT2D eigenvalue weighted by Crippen LogP contribution is 2.36. The van der Waals surface area contributed by atoms with E-state index in [1.807, 2.05) is 0 Å². The van der Waals surface area contributed by atoms with E-state index in [2.05, 4.69) is 242 Å². The molecule has 0 aromatic carbocycles. The normalized spacial score (nSPS) is 15.7. The average molecular weight is 1540 g/mol. The van der Waals surface area contributed by atoms with Crippen molar-refractivity contribution in [2.24, 2.45) is 142 Å². The predicted molar refractivity (Wildman–Crippen MR) is 496 cm³/mol. The van der Waals surface area contributed by atoms with Crippen LogP contribution in [0.3, 0.4) is 0 Å². The highest BCUT2D eigenvalue weighted by Gasteiger charge is 2.22. The highest BCUT2D eigenvalue weighted by atomic mass is 16.5. The Morgan fingerprint density at radius 1 is 0.176 bits per heavy atom. The summed E-state index contributed by atoms with van der Waals surface area (Å²) in [5, 5.41) is 0. The number of hydrogen-bond donors (Lipinski definition) is 0. The van der Waals surface area contributed by atoms with Crippen molar-refractivity contribution in [3.63, 3.8) is 0 Å². The number of methoxy groups -OCH3 is 5. The van der Waals surface area contributed by atoms with Crippen molar-refractivity contribution in [2.75, 3.05) is 81.8 Å². The van der Waals surface area contributed by atoms with Crippen LogP contribution in [0.25, 0.3) is 0 Å². The summed E-state index contributed by atoms with van der Waals surface area (Å²) < 4.78 is 29.9. The second kappa shape index (κ2) is 89.1. The molecule has 0 N–H and O–H groups in total. The lowest BCUT2D eigenvalue weighted by atomic mass is 9.78. The molecule has 6 nitrogen and oxygen atoms in total. The maximum Gasteiger partial charge on any atom is 0.0509 e. The molecule has 0 saturated heterocycles. The molecule has 0 heterocycles. The van der Waals surface area contributed by atoms with Crippen LogP contribution in [0.4, 0.5) is 0 Å². The van der Waals surface area contributed by atoms with Crippen LogP contribution in [-0.2, 0) is 28.4 Å². The molecule has 108 heavy (non-hydrogen) atoms. The van der Waals surface area contributed by atoms with Gasteiger partial charge >= 0.3 is 0 Å².